The van der Waals surface area contributed by atoms with E-state index in [1.807, 2.05) is 13.0 Å². The topological polar surface area (TPSA) is 67.4 Å². The fourth-order valence-electron chi connectivity index (χ4n) is 4.83. The molecule has 6 nitrogen and oxygen atoms in total. The fourth-order valence-corrected chi connectivity index (χ4v) is 4.83. The number of fused-ring (bicyclic) bond motifs is 2. The predicted molar refractivity (Wildman–Crippen MR) is 105 cm³/mol. The van der Waals surface area contributed by atoms with Crippen molar-refractivity contribution in [3.8, 4) is 11.4 Å². The number of piperidine rings is 1. The average molecular weight is 420 g/mol. The van der Waals surface area contributed by atoms with Crippen LogP contribution >= 0.6 is 0 Å². The van der Waals surface area contributed by atoms with E-state index in [1.165, 1.54) is 0 Å². The zero-order chi connectivity index (χ0) is 21.5. The molecular weight excluding hydrogens is 397 g/mol. The summed E-state index contributed by atoms with van der Waals surface area (Å²) in [5.41, 5.74) is 1.37. The summed E-state index contributed by atoms with van der Waals surface area (Å²) in [5.74, 6) is 0.160. The van der Waals surface area contributed by atoms with E-state index in [4.69, 9.17) is 0 Å². The van der Waals surface area contributed by atoms with E-state index in [2.05, 4.69) is 26.9 Å². The quantitative estimate of drug-likeness (QED) is 0.767. The maximum Gasteiger partial charge on any atom is 0.345 e. The molecule has 30 heavy (non-hydrogen) atoms. The molecule has 0 radical (unpaired) electrons. The molecule has 3 atom stereocenters. The van der Waals surface area contributed by atoms with Gasteiger partial charge in [0.25, 0.3) is 0 Å². The lowest BCUT2D eigenvalue weighted by molar-refractivity contribution is -0.194. The number of halogens is 3. The lowest BCUT2D eigenvalue weighted by atomic mass is 9.65. The Hall–Kier alpha value is -2.68. The normalized spacial score (nSPS) is 25.2. The van der Waals surface area contributed by atoms with Crippen LogP contribution < -0.4 is 5.32 Å². The van der Waals surface area contributed by atoms with E-state index in [9.17, 15) is 18.0 Å². The number of aromatic nitrogens is 2. The number of hydrogen-bond acceptors (Lipinski definition) is 4. The number of rotatable bonds is 5. The summed E-state index contributed by atoms with van der Waals surface area (Å²) in [5, 5.41) is 2.86. The van der Waals surface area contributed by atoms with Gasteiger partial charge in [0.15, 0.2) is 11.6 Å². The van der Waals surface area contributed by atoms with Crippen LogP contribution in [0.3, 0.4) is 0 Å². The molecule has 2 bridgehead atoms. The molecule has 0 spiro atoms. The monoisotopic (exact) mass is 420 g/mol. The first-order valence-electron chi connectivity index (χ1n) is 9.86. The number of anilines is 1. The Kier molecular flexibility index (Phi) is 5.40. The Morgan fingerprint density at radius 1 is 1.33 bits per heavy atom. The van der Waals surface area contributed by atoms with Crippen LogP contribution in [0.15, 0.2) is 30.6 Å². The first kappa shape index (κ1) is 20.6. The first-order chi connectivity index (χ1) is 14.3. The fraction of sp³-hybridized carbons (Fsp3) is 0.476. The number of amides is 2. The number of alkyl halides is 2. The van der Waals surface area contributed by atoms with Crippen molar-refractivity contribution in [2.24, 2.45) is 5.92 Å². The first-order valence-corrected chi connectivity index (χ1v) is 9.86. The zero-order valence-corrected chi connectivity index (χ0v) is 16.7. The highest BCUT2D eigenvalue weighted by molar-refractivity contribution is 5.91. The van der Waals surface area contributed by atoms with Crippen molar-refractivity contribution in [3.63, 3.8) is 0 Å². The van der Waals surface area contributed by atoms with Crippen molar-refractivity contribution in [2.45, 2.75) is 51.3 Å². The number of nitrogens with one attached hydrogen (secondary N) is 1. The van der Waals surface area contributed by atoms with E-state index in [-0.39, 0.29) is 18.7 Å². The van der Waals surface area contributed by atoms with Gasteiger partial charge in [-0.15, -0.1) is 0 Å². The van der Waals surface area contributed by atoms with Gasteiger partial charge in [-0.1, -0.05) is 13.0 Å². The summed E-state index contributed by atoms with van der Waals surface area (Å²) in [7, 11) is 0. The van der Waals surface area contributed by atoms with E-state index in [0.717, 1.165) is 24.4 Å². The van der Waals surface area contributed by atoms with Crippen molar-refractivity contribution in [1.82, 2.24) is 14.9 Å². The molecule has 160 valence electrons. The number of urea groups is 1. The second-order valence-corrected chi connectivity index (χ2v) is 8.25. The highest BCUT2D eigenvalue weighted by atomic mass is 19.3. The van der Waals surface area contributed by atoms with Crippen LogP contribution in [0.25, 0.3) is 11.4 Å². The van der Waals surface area contributed by atoms with Gasteiger partial charge in [-0.25, -0.2) is 19.2 Å². The van der Waals surface area contributed by atoms with E-state index >= 15 is 0 Å². The van der Waals surface area contributed by atoms with Crippen molar-refractivity contribution in [3.05, 3.63) is 42.0 Å². The Morgan fingerprint density at radius 2 is 2.07 bits per heavy atom. The van der Waals surface area contributed by atoms with Crippen LogP contribution in [-0.2, 0) is 4.74 Å². The van der Waals surface area contributed by atoms with Crippen molar-refractivity contribution in [1.29, 1.82) is 0 Å². The molecule has 2 aliphatic heterocycles. The van der Waals surface area contributed by atoms with Gasteiger partial charge in [0.1, 0.15) is 0 Å². The molecule has 4 rings (SSSR count). The number of carbonyl (C=O) groups excluding carboxylic acids is 1. The number of nitrogens with zero attached hydrogens (tertiary/aromatic N) is 3. The summed E-state index contributed by atoms with van der Waals surface area (Å²) < 4.78 is 43.0. The lowest BCUT2D eigenvalue weighted by Crippen LogP contribution is -2.74. The average Bonchev–Trinajstić information content (AvgIpc) is 2.68. The third-order valence-corrected chi connectivity index (χ3v) is 5.94. The van der Waals surface area contributed by atoms with Gasteiger partial charge >= 0.3 is 12.6 Å². The van der Waals surface area contributed by atoms with Crippen LogP contribution in [0.2, 0.25) is 0 Å². The predicted octanol–water partition coefficient (Wildman–Crippen LogP) is 4.61. The molecule has 2 saturated heterocycles. The lowest BCUT2D eigenvalue weighted by Gasteiger charge is -2.63. The van der Waals surface area contributed by atoms with E-state index < -0.39 is 18.0 Å². The zero-order valence-electron chi connectivity index (χ0n) is 16.7. The van der Waals surface area contributed by atoms with Crippen LogP contribution in [0.4, 0.5) is 23.7 Å². The maximum absolute atomic E-state index is 13.1. The molecule has 3 heterocycles. The molecule has 1 aromatic heterocycles. The molecule has 0 saturated carbocycles. The van der Waals surface area contributed by atoms with Gasteiger partial charge in [0.2, 0.25) is 0 Å². The van der Waals surface area contributed by atoms with Crippen molar-refractivity contribution in [2.75, 3.05) is 11.9 Å². The minimum absolute atomic E-state index is 0.0142. The van der Waals surface area contributed by atoms with Crippen LogP contribution in [0, 0.1) is 18.7 Å². The Balaban J connectivity index is 1.53. The summed E-state index contributed by atoms with van der Waals surface area (Å²) in [4.78, 5) is 22.7. The van der Waals surface area contributed by atoms with Crippen LogP contribution in [-0.4, -0.2) is 45.7 Å². The number of aryl methyl sites for hydroxylation is 1. The molecule has 9 heteroatoms. The van der Waals surface area contributed by atoms with Gasteiger partial charge in [0.05, 0.1) is 24.5 Å². The minimum Gasteiger partial charge on any atom is -0.320 e. The van der Waals surface area contributed by atoms with Gasteiger partial charge in [0, 0.05) is 17.3 Å². The second-order valence-electron chi connectivity index (χ2n) is 8.25. The van der Waals surface area contributed by atoms with E-state index in [1.54, 1.807) is 17.0 Å². The molecule has 0 unspecified atom stereocenters. The van der Waals surface area contributed by atoms with Gasteiger partial charge in [-0.2, -0.15) is 8.78 Å². The number of hydrogen-bond donors (Lipinski definition) is 1. The minimum atomic E-state index is -2.86. The van der Waals surface area contributed by atoms with Crippen LogP contribution in [0.5, 0.6) is 0 Å². The Labute approximate surface area is 172 Å². The summed E-state index contributed by atoms with van der Waals surface area (Å²) in [6, 6.07) is 4.96. The van der Waals surface area contributed by atoms with Crippen molar-refractivity contribution >= 4 is 11.7 Å². The molecule has 2 aromatic rings. The third kappa shape index (κ3) is 3.86. The maximum atomic E-state index is 13.1. The van der Waals surface area contributed by atoms with Gasteiger partial charge in [-0.05, 0) is 49.8 Å². The molecule has 2 fully saturated rings. The molecule has 2 amide bonds. The van der Waals surface area contributed by atoms with E-state index in [0.29, 0.717) is 35.8 Å². The standard InChI is InChI=1S/C21H23F3N4O2/c1-12-5-16-8-21(7-12,11-30-19(23)24)28(16)20(29)27-15-4-3-13(2)17(6-15)18-25-9-14(22)10-26-18/h3-4,6,9-10,12,16,19H,5,7-8,11H2,1-2H3,(H,27,29)/t12-,16-,21+/m1/s1. The largest absolute Gasteiger partial charge is 0.345 e. The van der Waals surface area contributed by atoms with Crippen LogP contribution in [0.1, 0.15) is 31.7 Å². The summed E-state index contributed by atoms with van der Waals surface area (Å²) in [6.07, 6.45) is 4.31. The second kappa shape index (κ2) is 7.86. The molecule has 1 aromatic carbocycles. The molecular formula is C21H23F3N4O2. The molecule has 0 aliphatic carbocycles. The van der Waals surface area contributed by atoms with Gasteiger partial charge < -0.3 is 15.0 Å². The van der Waals surface area contributed by atoms with Gasteiger partial charge in [-0.3, -0.25) is 0 Å². The smallest absolute Gasteiger partial charge is 0.320 e. The number of carbonyl (C=O) groups is 1. The Bertz CT molecular complexity index is 940. The third-order valence-electron chi connectivity index (χ3n) is 5.94. The number of ether oxygens (including phenoxy) is 1. The number of benzene rings is 1. The highest BCUT2D eigenvalue weighted by Crippen LogP contribution is 2.50. The highest BCUT2D eigenvalue weighted by Gasteiger charge is 2.58. The molecule has 1 N–H and O–H groups in total. The Morgan fingerprint density at radius 3 is 2.77 bits per heavy atom. The SMILES string of the molecule is Cc1ccc(NC(=O)N2[C@@H]3C[C@@H](C)C[C@@]2(COC(F)F)C3)cc1-c1ncc(F)cn1. The molecule has 2 aliphatic rings. The summed E-state index contributed by atoms with van der Waals surface area (Å²) in [6.45, 7) is 0.886. The van der Waals surface area contributed by atoms with Crippen molar-refractivity contribution < 1.29 is 22.7 Å². The summed E-state index contributed by atoms with van der Waals surface area (Å²) >= 11 is 0.